The average Bonchev–Trinajstić information content (AvgIpc) is 2.54. The molecular weight excluding hydrogens is 184 g/mol. The fourth-order valence-corrected chi connectivity index (χ4v) is 1.95. The topological polar surface area (TPSA) is 41.1 Å². The molecule has 0 aliphatic carbocycles. The molecule has 0 bridgehead atoms. The van der Waals surface area contributed by atoms with Gasteiger partial charge in [0.15, 0.2) is 0 Å². The summed E-state index contributed by atoms with van der Waals surface area (Å²) in [4.78, 5) is 3.67. The average molecular weight is 198 g/mol. The Hall–Kier alpha value is -0.520. The third kappa shape index (κ3) is 2.24. The van der Waals surface area contributed by atoms with Crippen molar-refractivity contribution in [1.82, 2.24) is 19.8 Å². The van der Waals surface area contributed by atoms with Crippen LogP contribution in [0.15, 0.2) is 0 Å². The maximum Gasteiger partial charge on any atom is 0.0924 e. The Bertz CT molecular complexity index is 267. The third-order valence-corrected chi connectivity index (χ3v) is 3.00. The van der Waals surface area contributed by atoms with Crippen LogP contribution in [-0.2, 0) is 6.54 Å². The first-order chi connectivity index (χ1) is 6.36. The highest BCUT2D eigenvalue weighted by Crippen LogP contribution is 2.10. The zero-order chi connectivity index (χ0) is 9.10. The number of nitrogens with one attached hydrogen (secondary N) is 1. The molecule has 0 atom stereocenters. The van der Waals surface area contributed by atoms with Crippen LogP contribution in [0.3, 0.4) is 0 Å². The lowest BCUT2D eigenvalue weighted by Gasteiger charge is -2.26. The Morgan fingerprint density at radius 1 is 1.46 bits per heavy atom. The summed E-state index contributed by atoms with van der Waals surface area (Å²) in [6, 6.07) is 0. The van der Waals surface area contributed by atoms with Crippen LogP contribution in [0.4, 0.5) is 0 Å². The first-order valence-electron chi connectivity index (χ1n) is 4.57. The van der Waals surface area contributed by atoms with Crippen molar-refractivity contribution in [1.29, 1.82) is 0 Å². The van der Waals surface area contributed by atoms with Crippen LogP contribution in [0, 0.1) is 6.92 Å². The number of aryl methyl sites for hydroxylation is 1. The fourth-order valence-electron chi connectivity index (χ4n) is 1.48. The van der Waals surface area contributed by atoms with Crippen molar-refractivity contribution >= 4 is 11.5 Å². The van der Waals surface area contributed by atoms with Crippen LogP contribution in [-0.4, -0.2) is 40.7 Å². The monoisotopic (exact) mass is 198 g/mol. The van der Waals surface area contributed by atoms with E-state index in [1.165, 1.54) is 16.4 Å². The molecule has 13 heavy (non-hydrogen) atoms. The molecule has 0 saturated carbocycles. The number of aromatic nitrogens is 2. The van der Waals surface area contributed by atoms with Crippen molar-refractivity contribution in [2.75, 3.05) is 26.2 Å². The van der Waals surface area contributed by atoms with Crippen LogP contribution in [0.5, 0.6) is 0 Å². The normalized spacial score (nSPS) is 19.2. The number of piperazine rings is 1. The molecule has 1 aliphatic heterocycles. The number of hydrogen-bond donors (Lipinski definition) is 1. The van der Waals surface area contributed by atoms with Crippen LogP contribution < -0.4 is 5.32 Å². The molecule has 0 spiro atoms. The van der Waals surface area contributed by atoms with Crippen LogP contribution in [0.1, 0.15) is 10.6 Å². The van der Waals surface area contributed by atoms with Crippen molar-refractivity contribution in [3.8, 4) is 0 Å². The highest BCUT2D eigenvalue weighted by atomic mass is 32.1. The zero-order valence-electron chi connectivity index (χ0n) is 7.79. The molecule has 1 fully saturated rings. The maximum atomic E-state index is 4.12. The Morgan fingerprint density at radius 2 is 2.23 bits per heavy atom. The predicted molar refractivity (Wildman–Crippen MR) is 52.8 cm³/mol. The van der Waals surface area contributed by atoms with Gasteiger partial charge in [0.05, 0.1) is 5.69 Å². The minimum absolute atomic E-state index is 0.962. The molecule has 1 N–H and O–H groups in total. The largest absolute Gasteiger partial charge is 0.314 e. The number of nitrogens with zero attached hydrogens (tertiary/aromatic N) is 3. The lowest BCUT2D eigenvalue weighted by molar-refractivity contribution is 0.230. The summed E-state index contributed by atoms with van der Waals surface area (Å²) >= 11 is 1.49. The molecule has 1 saturated heterocycles. The highest BCUT2D eigenvalue weighted by Gasteiger charge is 2.12. The summed E-state index contributed by atoms with van der Waals surface area (Å²) in [5, 5.41) is 7.45. The second kappa shape index (κ2) is 4.13. The summed E-state index contributed by atoms with van der Waals surface area (Å²) < 4.78 is 3.94. The van der Waals surface area contributed by atoms with Gasteiger partial charge >= 0.3 is 0 Å². The molecular formula is C8H14N4S. The van der Waals surface area contributed by atoms with E-state index in [-0.39, 0.29) is 0 Å². The smallest absolute Gasteiger partial charge is 0.0924 e. The predicted octanol–water partition coefficient (Wildman–Crippen LogP) is 0.252. The maximum absolute atomic E-state index is 4.12. The minimum atomic E-state index is 0.962. The highest BCUT2D eigenvalue weighted by molar-refractivity contribution is 7.05. The zero-order valence-corrected chi connectivity index (χ0v) is 8.60. The molecule has 2 heterocycles. The summed E-state index contributed by atoms with van der Waals surface area (Å²) in [7, 11) is 0. The lowest BCUT2D eigenvalue weighted by atomic mass is 10.3. The third-order valence-electron chi connectivity index (χ3n) is 2.33. The van der Waals surface area contributed by atoms with Gasteiger partial charge in [-0.1, -0.05) is 4.49 Å². The van der Waals surface area contributed by atoms with Gasteiger partial charge < -0.3 is 5.32 Å². The van der Waals surface area contributed by atoms with Gasteiger partial charge in [0.25, 0.3) is 0 Å². The van der Waals surface area contributed by atoms with E-state index in [2.05, 4.69) is 26.7 Å². The molecule has 2 rings (SSSR count). The van der Waals surface area contributed by atoms with Gasteiger partial charge in [-0.3, -0.25) is 4.90 Å². The Balaban J connectivity index is 1.93. The number of rotatable bonds is 2. The molecule has 5 heteroatoms. The van der Waals surface area contributed by atoms with Gasteiger partial charge in [-0.2, -0.15) is 0 Å². The van der Waals surface area contributed by atoms with Crippen molar-refractivity contribution < 1.29 is 0 Å². The molecule has 0 amide bonds. The van der Waals surface area contributed by atoms with Gasteiger partial charge in [0.1, 0.15) is 0 Å². The first-order valence-corrected chi connectivity index (χ1v) is 5.34. The van der Waals surface area contributed by atoms with Gasteiger partial charge in [0, 0.05) is 37.6 Å². The molecule has 0 unspecified atom stereocenters. The second-order valence-corrected chi connectivity index (χ2v) is 4.26. The molecule has 0 aromatic carbocycles. The molecule has 1 aromatic heterocycles. The van der Waals surface area contributed by atoms with E-state index in [9.17, 15) is 0 Å². The summed E-state index contributed by atoms with van der Waals surface area (Å²) in [5.41, 5.74) is 1.15. The van der Waals surface area contributed by atoms with Crippen molar-refractivity contribution in [3.63, 3.8) is 0 Å². The second-order valence-electron chi connectivity index (χ2n) is 3.30. The molecule has 0 radical (unpaired) electrons. The van der Waals surface area contributed by atoms with Gasteiger partial charge in [-0.05, 0) is 18.5 Å². The first kappa shape index (κ1) is 9.05. The van der Waals surface area contributed by atoms with Crippen molar-refractivity contribution in [3.05, 3.63) is 10.6 Å². The fraction of sp³-hybridized carbons (Fsp3) is 0.750. The summed E-state index contributed by atoms with van der Waals surface area (Å²) in [6.45, 7) is 7.48. The van der Waals surface area contributed by atoms with E-state index in [1.54, 1.807) is 0 Å². The molecule has 72 valence electrons. The van der Waals surface area contributed by atoms with Crippen LogP contribution in [0.25, 0.3) is 0 Å². The van der Waals surface area contributed by atoms with Crippen molar-refractivity contribution in [2.45, 2.75) is 13.5 Å². The Labute approximate surface area is 82.1 Å². The van der Waals surface area contributed by atoms with Crippen LogP contribution >= 0.6 is 11.5 Å². The summed E-state index contributed by atoms with van der Waals surface area (Å²) in [6.07, 6.45) is 0. The van der Waals surface area contributed by atoms with E-state index in [0.717, 1.165) is 38.4 Å². The Kier molecular flexibility index (Phi) is 2.87. The van der Waals surface area contributed by atoms with E-state index < -0.39 is 0 Å². The molecule has 1 aromatic rings. The SMILES string of the molecule is Cc1snnc1CN1CCNCC1. The van der Waals surface area contributed by atoms with Gasteiger partial charge in [-0.15, -0.1) is 5.10 Å². The molecule has 1 aliphatic rings. The van der Waals surface area contributed by atoms with Gasteiger partial charge in [-0.25, -0.2) is 0 Å². The van der Waals surface area contributed by atoms with E-state index in [1.807, 2.05) is 0 Å². The Morgan fingerprint density at radius 3 is 2.85 bits per heavy atom. The van der Waals surface area contributed by atoms with E-state index in [4.69, 9.17) is 0 Å². The quantitative estimate of drug-likeness (QED) is 0.739. The minimum Gasteiger partial charge on any atom is -0.314 e. The standard InChI is InChI=1S/C8H14N4S/c1-7-8(10-11-13-7)6-12-4-2-9-3-5-12/h9H,2-6H2,1H3. The summed E-state index contributed by atoms with van der Waals surface area (Å²) in [5.74, 6) is 0. The van der Waals surface area contributed by atoms with Gasteiger partial charge in [0.2, 0.25) is 0 Å². The van der Waals surface area contributed by atoms with E-state index in [0.29, 0.717) is 0 Å². The lowest BCUT2D eigenvalue weighted by Crippen LogP contribution is -2.43. The number of hydrogen-bond acceptors (Lipinski definition) is 5. The molecule has 4 nitrogen and oxygen atoms in total. The van der Waals surface area contributed by atoms with E-state index >= 15 is 0 Å². The van der Waals surface area contributed by atoms with Crippen LogP contribution in [0.2, 0.25) is 0 Å². The van der Waals surface area contributed by atoms with Crippen molar-refractivity contribution in [2.24, 2.45) is 0 Å².